The van der Waals surface area contributed by atoms with E-state index in [2.05, 4.69) is 20.0 Å². The van der Waals surface area contributed by atoms with Crippen LogP contribution in [0.5, 0.6) is 0 Å². The van der Waals surface area contributed by atoms with Crippen LogP contribution in [0, 0.1) is 17.0 Å². The Morgan fingerprint density at radius 2 is 2.30 bits per heavy atom. The molecule has 0 fully saturated rings. The van der Waals surface area contributed by atoms with Gasteiger partial charge < -0.3 is 4.52 Å². The minimum absolute atomic E-state index is 0.106. The quantitative estimate of drug-likeness (QED) is 0.619. The van der Waals surface area contributed by atoms with Crippen molar-refractivity contribution in [2.45, 2.75) is 13.5 Å². The Morgan fingerprint density at radius 1 is 1.55 bits per heavy atom. The van der Waals surface area contributed by atoms with Crippen LogP contribution in [0.25, 0.3) is 0 Å². The van der Waals surface area contributed by atoms with Crippen molar-refractivity contribution in [1.82, 2.24) is 14.7 Å². The molecule has 1 amide bonds. The summed E-state index contributed by atoms with van der Waals surface area (Å²) < 4.78 is 5.59. The predicted molar refractivity (Wildman–Crippen MR) is 65.0 cm³/mol. The minimum atomic E-state index is -0.658. The smallest absolute Gasteiger partial charge is 0.315 e. The van der Waals surface area contributed by atoms with E-state index in [1.807, 2.05) is 0 Å². The summed E-state index contributed by atoms with van der Waals surface area (Å²) in [5, 5.41) is 16.4. The van der Waals surface area contributed by atoms with Crippen molar-refractivity contribution < 1.29 is 14.2 Å². The molecule has 1 N–H and O–H groups in total. The summed E-state index contributed by atoms with van der Waals surface area (Å²) in [5.74, 6) is -0.274. The van der Waals surface area contributed by atoms with E-state index >= 15 is 0 Å². The number of hydrogen-bond acceptors (Lipinski definition) is 7. The number of nitrogens with zero attached hydrogens (tertiary/aromatic N) is 4. The lowest BCUT2D eigenvalue weighted by Gasteiger charge is -2.03. The van der Waals surface area contributed by atoms with E-state index in [1.54, 1.807) is 6.92 Å². The molecular weight excluding hydrogens is 270 g/mol. The summed E-state index contributed by atoms with van der Waals surface area (Å²) >= 11 is 0. The van der Waals surface area contributed by atoms with Crippen LogP contribution in [-0.4, -0.2) is 25.5 Å². The van der Waals surface area contributed by atoms with Gasteiger partial charge in [0.15, 0.2) is 5.82 Å². The summed E-state index contributed by atoms with van der Waals surface area (Å²) in [6, 6.07) is 1.98. The normalized spacial score (nSPS) is 10.2. The summed E-state index contributed by atoms with van der Waals surface area (Å²) in [5.41, 5.74) is -0.821. The van der Waals surface area contributed by atoms with Crippen LogP contribution in [0.1, 0.15) is 5.82 Å². The molecule has 0 atom stereocenters. The molecule has 0 saturated carbocycles. The summed E-state index contributed by atoms with van der Waals surface area (Å²) in [6.45, 7) is 1.17. The fourth-order valence-corrected chi connectivity index (χ4v) is 1.41. The number of aromatic nitrogens is 3. The lowest BCUT2D eigenvalue weighted by molar-refractivity contribution is -0.385. The lowest BCUT2D eigenvalue weighted by atomic mass is 10.4. The van der Waals surface area contributed by atoms with Crippen LogP contribution in [0.3, 0.4) is 0 Å². The molecule has 10 heteroatoms. The number of nitrogens with one attached hydrogen (secondary N) is 1. The first-order valence-corrected chi connectivity index (χ1v) is 5.41. The highest BCUT2D eigenvalue weighted by molar-refractivity contribution is 5.88. The van der Waals surface area contributed by atoms with Crippen molar-refractivity contribution in [3.05, 3.63) is 44.6 Å². The van der Waals surface area contributed by atoms with E-state index in [1.165, 1.54) is 0 Å². The Bertz CT molecular complexity index is 719. The van der Waals surface area contributed by atoms with Gasteiger partial charge >= 0.3 is 6.01 Å². The molecule has 10 nitrogen and oxygen atoms in total. The number of nitro groups is 1. The van der Waals surface area contributed by atoms with Crippen LogP contribution in [0.15, 0.2) is 27.6 Å². The number of carbonyl (C=O) groups excluding carboxylic acids is 1. The molecule has 0 unspecified atom stereocenters. The third kappa shape index (κ3) is 3.04. The van der Waals surface area contributed by atoms with E-state index in [4.69, 9.17) is 0 Å². The van der Waals surface area contributed by atoms with Gasteiger partial charge in [0, 0.05) is 12.1 Å². The molecule has 0 aliphatic heterocycles. The molecule has 2 rings (SSSR count). The average Bonchev–Trinajstić information content (AvgIpc) is 2.77. The van der Waals surface area contributed by atoms with Crippen molar-refractivity contribution in [3.8, 4) is 0 Å². The van der Waals surface area contributed by atoms with Gasteiger partial charge in [0.1, 0.15) is 6.54 Å². The molecule has 0 radical (unpaired) electrons. The van der Waals surface area contributed by atoms with Crippen LogP contribution in [0.2, 0.25) is 0 Å². The second-order valence-corrected chi connectivity index (χ2v) is 3.81. The molecule has 2 aromatic rings. The number of rotatable bonds is 4. The molecule has 0 bridgehead atoms. The Balaban J connectivity index is 2.13. The average molecular weight is 279 g/mol. The van der Waals surface area contributed by atoms with Crippen molar-refractivity contribution >= 4 is 17.6 Å². The van der Waals surface area contributed by atoms with E-state index in [0.29, 0.717) is 5.82 Å². The van der Waals surface area contributed by atoms with E-state index < -0.39 is 22.9 Å². The fourth-order valence-electron chi connectivity index (χ4n) is 1.41. The zero-order valence-electron chi connectivity index (χ0n) is 10.3. The molecule has 2 aromatic heterocycles. The second-order valence-electron chi connectivity index (χ2n) is 3.81. The van der Waals surface area contributed by atoms with Gasteiger partial charge in [0.2, 0.25) is 5.91 Å². The van der Waals surface area contributed by atoms with Gasteiger partial charge in [-0.3, -0.25) is 29.6 Å². The number of amides is 1. The third-order valence-corrected chi connectivity index (χ3v) is 2.27. The largest absolute Gasteiger partial charge is 0.328 e. The third-order valence-electron chi connectivity index (χ3n) is 2.27. The molecule has 2 heterocycles. The molecule has 20 heavy (non-hydrogen) atoms. The maximum Gasteiger partial charge on any atom is 0.328 e. The first kappa shape index (κ1) is 13.4. The van der Waals surface area contributed by atoms with Crippen LogP contribution < -0.4 is 10.9 Å². The number of carbonyl (C=O) groups is 1. The SMILES string of the molecule is Cc1noc(NC(=O)Cn2cc([N+](=O)[O-])ccc2=O)n1. The van der Waals surface area contributed by atoms with E-state index in [0.717, 1.165) is 22.9 Å². The lowest BCUT2D eigenvalue weighted by Crippen LogP contribution is -2.27. The summed E-state index contributed by atoms with van der Waals surface area (Å²) in [7, 11) is 0. The van der Waals surface area contributed by atoms with Crippen molar-refractivity contribution in [1.29, 1.82) is 0 Å². The highest BCUT2D eigenvalue weighted by atomic mass is 16.6. The van der Waals surface area contributed by atoms with Gasteiger partial charge in [0.25, 0.3) is 11.2 Å². The number of hydrogen-bond donors (Lipinski definition) is 1. The zero-order valence-corrected chi connectivity index (χ0v) is 10.3. The first-order valence-electron chi connectivity index (χ1n) is 5.41. The van der Waals surface area contributed by atoms with Gasteiger partial charge in [-0.2, -0.15) is 4.98 Å². The Labute approximate surface area is 111 Å². The maximum absolute atomic E-state index is 11.7. The summed E-state index contributed by atoms with van der Waals surface area (Å²) in [6.07, 6.45) is 0.987. The Kier molecular flexibility index (Phi) is 3.55. The summed E-state index contributed by atoms with van der Waals surface area (Å²) in [4.78, 5) is 36.8. The van der Waals surface area contributed by atoms with Crippen LogP contribution in [0.4, 0.5) is 11.7 Å². The molecule has 0 aliphatic rings. The van der Waals surface area contributed by atoms with Gasteiger partial charge in [-0.15, -0.1) is 0 Å². The molecule has 0 spiro atoms. The minimum Gasteiger partial charge on any atom is -0.315 e. The zero-order chi connectivity index (χ0) is 14.7. The topological polar surface area (TPSA) is 133 Å². The molecule has 0 saturated heterocycles. The fraction of sp³-hybridized carbons (Fsp3) is 0.200. The number of anilines is 1. The Hall–Kier alpha value is -3.04. The van der Waals surface area contributed by atoms with E-state index in [9.17, 15) is 19.7 Å². The Morgan fingerprint density at radius 3 is 2.90 bits per heavy atom. The van der Waals surface area contributed by atoms with Gasteiger partial charge in [0.05, 0.1) is 11.1 Å². The molecular formula is C10H9N5O5. The van der Waals surface area contributed by atoms with Crippen LogP contribution >= 0.6 is 0 Å². The molecule has 104 valence electrons. The predicted octanol–water partition coefficient (Wildman–Crippen LogP) is 0.0866. The van der Waals surface area contributed by atoms with Crippen molar-refractivity contribution in [2.24, 2.45) is 0 Å². The monoisotopic (exact) mass is 279 g/mol. The van der Waals surface area contributed by atoms with E-state index in [-0.39, 0.29) is 11.7 Å². The number of pyridine rings is 1. The van der Waals surface area contributed by atoms with Crippen molar-refractivity contribution in [2.75, 3.05) is 5.32 Å². The van der Waals surface area contributed by atoms with Gasteiger partial charge in [-0.25, -0.2) is 0 Å². The van der Waals surface area contributed by atoms with Crippen molar-refractivity contribution in [3.63, 3.8) is 0 Å². The highest BCUT2D eigenvalue weighted by Crippen LogP contribution is 2.07. The van der Waals surface area contributed by atoms with Crippen LogP contribution in [-0.2, 0) is 11.3 Å². The second kappa shape index (κ2) is 5.30. The maximum atomic E-state index is 11.7. The first-order chi connectivity index (χ1) is 9.45. The number of aryl methyl sites for hydroxylation is 1. The molecule has 0 aliphatic carbocycles. The molecule has 0 aromatic carbocycles. The highest BCUT2D eigenvalue weighted by Gasteiger charge is 2.12. The van der Waals surface area contributed by atoms with Gasteiger partial charge in [-0.1, -0.05) is 5.16 Å². The van der Waals surface area contributed by atoms with Gasteiger partial charge in [-0.05, 0) is 6.92 Å². The standard InChI is InChI=1S/C10H9N5O5/c1-6-11-10(20-13-6)12-8(16)5-14-4-7(15(18)19)2-3-9(14)17/h2-4H,5H2,1H3,(H,11,12,13,16).